The maximum Gasteiger partial charge on any atom is 0.409 e. The molecule has 1 aromatic carbocycles. The van der Waals surface area contributed by atoms with Gasteiger partial charge >= 0.3 is 6.09 Å². The van der Waals surface area contributed by atoms with E-state index in [1.807, 2.05) is 0 Å². The van der Waals surface area contributed by atoms with Crippen molar-refractivity contribution in [2.75, 3.05) is 26.2 Å². The first-order chi connectivity index (χ1) is 9.99. The number of nitrogens with one attached hydrogen (secondary N) is 1. The second kappa shape index (κ2) is 6.56. The van der Waals surface area contributed by atoms with Crippen molar-refractivity contribution in [2.45, 2.75) is 20.3 Å². The molecule has 1 aliphatic rings. The van der Waals surface area contributed by atoms with Crippen molar-refractivity contribution in [3.63, 3.8) is 0 Å². The van der Waals surface area contributed by atoms with Crippen LogP contribution in [0, 0.1) is 19.7 Å². The molecule has 0 aliphatic carbocycles. The highest BCUT2D eigenvalue weighted by Crippen LogP contribution is 2.14. The van der Waals surface area contributed by atoms with Gasteiger partial charge in [-0.05, 0) is 43.5 Å². The van der Waals surface area contributed by atoms with Crippen molar-refractivity contribution in [1.82, 2.24) is 10.2 Å². The third-order valence-electron chi connectivity index (χ3n) is 3.43. The Balaban J connectivity index is 1.81. The van der Waals surface area contributed by atoms with Crippen molar-refractivity contribution < 1.29 is 18.7 Å². The molecule has 1 fully saturated rings. The number of ether oxygens (including phenoxy) is 1. The maximum absolute atomic E-state index is 13.5. The normalized spacial score (nSPS) is 14.2. The minimum absolute atomic E-state index is 0.231. The molecule has 0 aromatic heterocycles. The van der Waals surface area contributed by atoms with Gasteiger partial charge in [-0.25, -0.2) is 9.18 Å². The smallest absolute Gasteiger partial charge is 0.409 e. The highest BCUT2D eigenvalue weighted by atomic mass is 19.1. The van der Waals surface area contributed by atoms with Gasteiger partial charge in [-0.3, -0.25) is 4.79 Å². The van der Waals surface area contributed by atoms with E-state index >= 15 is 0 Å². The lowest BCUT2D eigenvalue weighted by Gasteiger charge is -2.12. The molecular formula is C15H19FN2O3. The first-order valence-corrected chi connectivity index (χ1v) is 6.95. The largest absolute Gasteiger partial charge is 0.448 e. The molecule has 6 heteroatoms. The van der Waals surface area contributed by atoms with Crippen LogP contribution in [0.2, 0.25) is 0 Å². The Morgan fingerprint density at radius 3 is 2.62 bits per heavy atom. The van der Waals surface area contributed by atoms with E-state index in [1.54, 1.807) is 18.7 Å². The monoisotopic (exact) mass is 294 g/mol. The Hall–Kier alpha value is -2.11. The first-order valence-electron chi connectivity index (χ1n) is 6.95. The fourth-order valence-electron chi connectivity index (χ4n) is 2.28. The van der Waals surface area contributed by atoms with Gasteiger partial charge in [0.15, 0.2) is 0 Å². The fourth-order valence-corrected chi connectivity index (χ4v) is 2.28. The Kier molecular flexibility index (Phi) is 4.77. The molecule has 0 radical (unpaired) electrons. The van der Waals surface area contributed by atoms with Crippen LogP contribution < -0.4 is 5.32 Å². The van der Waals surface area contributed by atoms with Crippen LogP contribution in [0.1, 0.15) is 27.9 Å². The van der Waals surface area contributed by atoms with Crippen LogP contribution in [0.4, 0.5) is 9.18 Å². The summed E-state index contributed by atoms with van der Waals surface area (Å²) in [6, 6.07) is 3.07. The molecule has 0 spiro atoms. The van der Waals surface area contributed by atoms with Crippen molar-refractivity contribution >= 4 is 12.0 Å². The summed E-state index contributed by atoms with van der Waals surface area (Å²) in [5.41, 5.74) is 1.37. The van der Waals surface area contributed by atoms with Crippen LogP contribution in [0.25, 0.3) is 0 Å². The molecule has 114 valence electrons. The topological polar surface area (TPSA) is 58.6 Å². The molecule has 5 nitrogen and oxygen atoms in total. The van der Waals surface area contributed by atoms with Gasteiger partial charge < -0.3 is 15.0 Å². The predicted molar refractivity (Wildman–Crippen MR) is 75.7 cm³/mol. The number of carbonyl (C=O) groups is 2. The summed E-state index contributed by atoms with van der Waals surface area (Å²) in [5.74, 6) is -0.510. The SMILES string of the molecule is Cc1cc(C(=O)NCCCN2CCOC2=O)cc(C)c1F. The molecule has 21 heavy (non-hydrogen) atoms. The van der Waals surface area contributed by atoms with E-state index in [-0.39, 0.29) is 17.8 Å². The fraction of sp³-hybridized carbons (Fsp3) is 0.467. The van der Waals surface area contributed by atoms with Crippen molar-refractivity contribution in [3.8, 4) is 0 Å². The van der Waals surface area contributed by atoms with E-state index < -0.39 is 0 Å². The third-order valence-corrected chi connectivity index (χ3v) is 3.43. The minimum atomic E-state index is -0.300. The zero-order chi connectivity index (χ0) is 15.4. The standard InChI is InChI=1S/C15H19FN2O3/c1-10-8-12(9-11(2)13(10)16)14(19)17-4-3-5-18-6-7-21-15(18)20/h8-9H,3-7H2,1-2H3,(H,17,19). The molecule has 1 aliphatic heterocycles. The van der Waals surface area contributed by atoms with E-state index in [0.29, 0.717) is 49.4 Å². The lowest BCUT2D eigenvalue weighted by Crippen LogP contribution is -2.30. The highest BCUT2D eigenvalue weighted by Gasteiger charge is 2.20. The summed E-state index contributed by atoms with van der Waals surface area (Å²) >= 11 is 0. The summed E-state index contributed by atoms with van der Waals surface area (Å²) in [7, 11) is 0. The zero-order valence-electron chi connectivity index (χ0n) is 12.2. The highest BCUT2D eigenvalue weighted by molar-refractivity contribution is 5.94. The van der Waals surface area contributed by atoms with Crippen LogP contribution in [0.5, 0.6) is 0 Å². The van der Waals surface area contributed by atoms with E-state index in [2.05, 4.69) is 5.32 Å². The summed E-state index contributed by atoms with van der Waals surface area (Å²) in [6.45, 7) is 5.32. The van der Waals surface area contributed by atoms with E-state index in [9.17, 15) is 14.0 Å². The quantitative estimate of drug-likeness (QED) is 0.845. The lowest BCUT2D eigenvalue weighted by atomic mass is 10.1. The number of amides is 2. The van der Waals surface area contributed by atoms with Crippen LogP contribution in [-0.4, -0.2) is 43.1 Å². The molecular weight excluding hydrogens is 275 g/mol. The van der Waals surface area contributed by atoms with Crippen LogP contribution in [0.3, 0.4) is 0 Å². The number of carbonyl (C=O) groups excluding carboxylic acids is 2. The van der Waals surface area contributed by atoms with Crippen LogP contribution in [0.15, 0.2) is 12.1 Å². The van der Waals surface area contributed by atoms with Gasteiger partial charge in [0, 0.05) is 18.7 Å². The molecule has 1 aromatic rings. The number of halogens is 1. The number of hydrogen-bond donors (Lipinski definition) is 1. The Labute approximate surface area is 123 Å². The number of cyclic esters (lactones) is 1. The second-order valence-corrected chi connectivity index (χ2v) is 5.13. The van der Waals surface area contributed by atoms with Gasteiger partial charge in [0.05, 0.1) is 6.54 Å². The number of hydrogen-bond acceptors (Lipinski definition) is 3. The van der Waals surface area contributed by atoms with Gasteiger partial charge in [0.2, 0.25) is 0 Å². The van der Waals surface area contributed by atoms with Gasteiger partial charge in [-0.2, -0.15) is 0 Å². The van der Waals surface area contributed by atoms with E-state index in [4.69, 9.17) is 4.74 Å². The molecule has 0 saturated carbocycles. The summed E-state index contributed by atoms with van der Waals surface area (Å²) < 4.78 is 18.3. The van der Waals surface area contributed by atoms with Crippen molar-refractivity contribution in [2.24, 2.45) is 0 Å². The Bertz CT molecular complexity index is 537. The van der Waals surface area contributed by atoms with Gasteiger partial charge in [0.1, 0.15) is 12.4 Å². The Morgan fingerprint density at radius 2 is 2.05 bits per heavy atom. The predicted octanol–water partition coefficient (Wildman–Crippen LogP) is 2.01. The number of nitrogens with zero attached hydrogens (tertiary/aromatic N) is 1. The van der Waals surface area contributed by atoms with E-state index in [1.165, 1.54) is 12.1 Å². The van der Waals surface area contributed by atoms with Crippen LogP contribution in [-0.2, 0) is 4.74 Å². The molecule has 1 N–H and O–H groups in total. The van der Waals surface area contributed by atoms with Gasteiger partial charge in [0.25, 0.3) is 5.91 Å². The third kappa shape index (κ3) is 3.71. The molecule has 0 unspecified atom stereocenters. The number of benzene rings is 1. The van der Waals surface area contributed by atoms with Crippen LogP contribution >= 0.6 is 0 Å². The average Bonchev–Trinajstić information content (AvgIpc) is 2.85. The summed E-state index contributed by atoms with van der Waals surface area (Å²) in [4.78, 5) is 24.8. The molecule has 0 bridgehead atoms. The lowest BCUT2D eigenvalue weighted by molar-refractivity contribution is 0.0952. The molecule has 1 saturated heterocycles. The number of aryl methyl sites for hydroxylation is 2. The maximum atomic E-state index is 13.5. The zero-order valence-corrected chi connectivity index (χ0v) is 12.2. The Morgan fingerprint density at radius 1 is 1.38 bits per heavy atom. The molecule has 1 heterocycles. The van der Waals surface area contributed by atoms with E-state index in [0.717, 1.165) is 0 Å². The molecule has 0 atom stereocenters. The van der Waals surface area contributed by atoms with Gasteiger partial charge in [-0.1, -0.05) is 0 Å². The second-order valence-electron chi connectivity index (χ2n) is 5.13. The summed E-state index contributed by atoms with van der Waals surface area (Å²) in [5, 5.41) is 2.77. The first kappa shape index (κ1) is 15.3. The molecule has 2 amide bonds. The number of rotatable bonds is 5. The van der Waals surface area contributed by atoms with Crippen molar-refractivity contribution in [3.05, 3.63) is 34.6 Å². The van der Waals surface area contributed by atoms with Gasteiger partial charge in [-0.15, -0.1) is 0 Å². The molecule has 2 rings (SSSR count). The summed E-state index contributed by atoms with van der Waals surface area (Å²) in [6.07, 6.45) is 0.353. The van der Waals surface area contributed by atoms with Crippen molar-refractivity contribution in [1.29, 1.82) is 0 Å². The minimum Gasteiger partial charge on any atom is -0.448 e. The average molecular weight is 294 g/mol.